The quantitative estimate of drug-likeness (QED) is 0.715. The Labute approximate surface area is 125 Å². The number of carbonyl (C=O) groups excluding carboxylic acids is 2. The van der Waals surface area contributed by atoms with Crippen LogP contribution in [0, 0.1) is 11.8 Å². The van der Waals surface area contributed by atoms with Crippen LogP contribution in [0.15, 0.2) is 24.5 Å². The second kappa shape index (κ2) is 7.76. The van der Waals surface area contributed by atoms with Gasteiger partial charge in [-0.15, -0.1) is 0 Å². The Kier molecular flexibility index (Phi) is 5.72. The second-order valence-electron chi connectivity index (χ2n) is 5.53. The van der Waals surface area contributed by atoms with Gasteiger partial charge in [-0.2, -0.15) is 0 Å². The zero-order valence-electron chi connectivity index (χ0n) is 12.5. The molecule has 2 N–H and O–H groups in total. The SMILES string of the molecule is CCCCCNC(=O)C1CC1C(=O)NCc1cccnc1. The maximum atomic E-state index is 12.0. The van der Waals surface area contributed by atoms with Crippen molar-refractivity contribution in [1.82, 2.24) is 15.6 Å². The summed E-state index contributed by atoms with van der Waals surface area (Å²) in [6.45, 7) is 3.31. The van der Waals surface area contributed by atoms with E-state index >= 15 is 0 Å². The smallest absolute Gasteiger partial charge is 0.224 e. The minimum Gasteiger partial charge on any atom is -0.356 e. The predicted octanol–water partition coefficient (Wildman–Crippen LogP) is 1.64. The van der Waals surface area contributed by atoms with Gasteiger partial charge in [0.2, 0.25) is 11.8 Å². The molecule has 2 amide bonds. The van der Waals surface area contributed by atoms with Gasteiger partial charge in [0, 0.05) is 25.5 Å². The summed E-state index contributed by atoms with van der Waals surface area (Å²) in [7, 11) is 0. The standard InChI is InChI=1S/C16H23N3O2/c1-2-3-4-8-18-15(20)13-9-14(13)16(21)19-11-12-6-5-7-17-10-12/h5-7,10,13-14H,2-4,8-9,11H2,1H3,(H,18,20)(H,19,21). The molecule has 5 nitrogen and oxygen atoms in total. The Hall–Kier alpha value is -1.91. The van der Waals surface area contributed by atoms with Gasteiger partial charge in [0.25, 0.3) is 0 Å². The van der Waals surface area contributed by atoms with Gasteiger partial charge >= 0.3 is 0 Å². The lowest BCUT2D eigenvalue weighted by Crippen LogP contribution is -2.30. The van der Waals surface area contributed by atoms with E-state index in [1.54, 1.807) is 12.4 Å². The predicted molar refractivity (Wildman–Crippen MR) is 80.2 cm³/mol. The Bertz CT molecular complexity index is 476. The fourth-order valence-electron chi connectivity index (χ4n) is 2.32. The molecule has 1 aliphatic rings. The van der Waals surface area contributed by atoms with E-state index in [1.165, 1.54) is 0 Å². The molecule has 2 rings (SSSR count). The molecule has 5 heteroatoms. The van der Waals surface area contributed by atoms with E-state index < -0.39 is 0 Å². The van der Waals surface area contributed by atoms with Gasteiger partial charge in [-0.1, -0.05) is 25.8 Å². The molecule has 1 aromatic heterocycles. The van der Waals surface area contributed by atoms with Crippen molar-refractivity contribution >= 4 is 11.8 Å². The third kappa shape index (κ3) is 4.85. The average Bonchev–Trinajstić information content (AvgIpc) is 3.31. The molecular formula is C16H23N3O2. The first kappa shape index (κ1) is 15.5. The number of carbonyl (C=O) groups is 2. The number of amides is 2. The summed E-state index contributed by atoms with van der Waals surface area (Å²) >= 11 is 0. The van der Waals surface area contributed by atoms with Gasteiger partial charge < -0.3 is 10.6 Å². The van der Waals surface area contributed by atoms with Crippen LogP contribution in [-0.4, -0.2) is 23.3 Å². The number of nitrogens with one attached hydrogen (secondary N) is 2. The third-order valence-corrected chi connectivity index (χ3v) is 3.73. The van der Waals surface area contributed by atoms with Crippen LogP contribution in [-0.2, 0) is 16.1 Å². The lowest BCUT2D eigenvalue weighted by molar-refractivity contribution is -0.127. The molecule has 0 saturated heterocycles. The molecule has 0 aromatic carbocycles. The van der Waals surface area contributed by atoms with Crippen LogP contribution >= 0.6 is 0 Å². The molecule has 21 heavy (non-hydrogen) atoms. The van der Waals surface area contributed by atoms with Gasteiger partial charge in [-0.25, -0.2) is 0 Å². The number of aromatic nitrogens is 1. The fourth-order valence-corrected chi connectivity index (χ4v) is 2.32. The minimum absolute atomic E-state index is 0.0210. The van der Waals surface area contributed by atoms with Crippen molar-refractivity contribution < 1.29 is 9.59 Å². The second-order valence-corrected chi connectivity index (χ2v) is 5.53. The first-order valence-electron chi connectivity index (χ1n) is 7.66. The molecule has 0 aliphatic heterocycles. The van der Waals surface area contributed by atoms with E-state index in [1.807, 2.05) is 12.1 Å². The zero-order chi connectivity index (χ0) is 15.1. The van der Waals surface area contributed by atoms with E-state index in [9.17, 15) is 9.59 Å². The molecule has 1 aromatic rings. The molecule has 2 atom stereocenters. The molecule has 1 heterocycles. The lowest BCUT2D eigenvalue weighted by atomic mass is 10.2. The number of rotatable bonds is 8. The molecule has 0 spiro atoms. The van der Waals surface area contributed by atoms with Crippen LogP contribution in [0.3, 0.4) is 0 Å². The number of unbranched alkanes of at least 4 members (excludes halogenated alkanes) is 2. The van der Waals surface area contributed by atoms with Crippen LogP contribution in [0.1, 0.15) is 38.2 Å². The van der Waals surface area contributed by atoms with Crippen molar-refractivity contribution in [2.75, 3.05) is 6.54 Å². The van der Waals surface area contributed by atoms with E-state index in [2.05, 4.69) is 22.5 Å². The van der Waals surface area contributed by atoms with Crippen molar-refractivity contribution in [3.8, 4) is 0 Å². The zero-order valence-corrected chi connectivity index (χ0v) is 12.5. The fraction of sp³-hybridized carbons (Fsp3) is 0.562. The summed E-state index contributed by atoms with van der Waals surface area (Å²) in [6.07, 6.45) is 7.36. The Morgan fingerprint density at radius 2 is 2.00 bits per heavy atom. The largest absolute Gasteiger partial charge is 0.356 e. The summed E-state index contributed by atoms with van der Waals surface area (Å²) in [5.74, 6) is -0.312. The maximum absolute atomic E-state index is 12.0. The Balaban J connectivity index is 1.65. The highest BCUT2D eigenvalue weighted by molar-refractivity contribution is 5.92. The van der Waals surface area contributed by atoms with Gasteiger partial charge in [0.15, 0.2) is 0 Å². The molecule has 0 bridgehead atoms. The molecule has 1 saturated carbocycles. The highest BCUT2D eigenvalue weighted by Gasteiger charge is 2.47. The van der Waals surface area contributed by atoms with Crippen molar-refractivity contribution in [1.29, 1.82) is 0 Å². The van der Waals surface area contributed by atoms with Crippen molar-refractivity contribution in [3.05, 3.63) is 30.1 Å². The van der Waals surface area contributed by atoms with Gasteiger partial charge in [0.1, 0.15) is 0 Å². The lowest BCUT2D eigenvalue weighted by Gasteiger charge is -2.06. The van der Waals surface area contributed by atoms with Crippen LogP contribution < -0.4 is 10.6 Å². The highest BCUT2D eigenvalue weighted by atomic mass is 16.2. The molecule has 1 fully saturated rings. The first-order valence-corrected chi connectivity index (χ1v) is 7.66. The maximum Gasteiger partial charge on any atom is 0.224 e. The summed E-state index contributed by atoms with van der Waals surface area (Å²) in [5, 5.41) is 5.77. The first-order chi connectivity index (χ1) is 10.2. The monoisotopic (exact) mass is 289 g/mol. The molecule has 1 aliphatic carbocycles. The number of pyridine rings is 1. The minimum atomic E-state index is -0.159. The van der Waals surface area contributed by atoms with Gasteiger partial charge in [0.05, 0.1) is 11.8 Å². The van der Waals surface area contributed by atoms with Crippen molar-refractivity contribution in [2.45, 2.75) is 39.2 Å². The topological polar surface area (TPSA) is 71.1 Å². The van der Waals surface area contributed by atoms with Crippen LogP contribution in [0.5, 0.6) is 0 Å². The van der Waals surface area contributed by atoms with Gasteiger partial charge in [-0.3, -0.25) is 14.6 Å². The van der Waals surface area contributed by atoms with E-state index in [4.69, 9.17) is 0 Å². The molecule has 0 radical (unpaired) electrons. The normalized spacial score (nSPS) is 19.9. The van der Waals surface area contributed by atoms with Crippen LogP contribution in [0.4, 0.5) is 0 Å². The van der Waals surface area contributed by atoms with Crippen LogP contribution in [0.25, 0.3) is 0 Å². The van der Waals surface area contributed by atoms with Gasteiger partial charge in [-0.05, 0) is 24.5 Å². The van der Waals surface area contributed by atoms with E-state index in [0.717, 1.165) is 24.8 Å². The molecular weight excluding hydrogens is 266 g/mol. The third-order valence-electron chi connectivity index (χ3n) is 3.73. The number of hydrogen-bond donors (Lipinski definition) is 2. The Morgan fingerprint density at radius 1 is 1.24 bits per heavy atom. The van der Waals surface area contributed by atoms with Crippen LogP contribution in [0.2, 0.25) is 0 Å². The van der Waals surface area contributed by atoms with E-state index in [0.29, 0.717) is 19.5 Å². The summed E-state index contributed by atoms with van der Waals surface area (Å²) in [4.78, 5) is 27.8. The summed E-state index contributed by atoms with van der Waals surface area (Å²) < 4.78 is 0. The Morgan fingerprint density at radius 3 is 2.67 bits per heavy atom. The van der Waals surface area contributed by atoms with Crippen molar-refractivity contribution in [3.63, 3.8) is 0 Å². The number of hydrogen-bond acceptors (Lipinski definition) is 3. The average molecular weight is 289 g/mol. The summed E-state index contributed by atoms with van der Waals surface area (Å²) in [6, 6.07) is 3.75. The summed E-state index contributed by atoms with van der Waals surface area (Å²) in [5.41, 5.74) is 0.965. The van der Waals surface area contributed by atoms with Crippen molar-refractivity contribution in [2.24, 2.45) is 11.8 Å². The van der Waals surface area contributed by atoms with E-state index in [-0.39, 0.29) is 23.7 Å². The molecule has 2 unspecified atom stereocenters. The molecule has 114 valence electrons. The number of nitrogens with zero attached hydrogens (tertiary/aromatic N) is 1. The highest BCUT2D eigenvalue weighted by Crippen LogP contribution is 2.38.